The van der Waals surface area contributed by atoms with E-state index in [-0.39, 0.29) is 5.91 Å². The van der Waals surface area contributed by atoms with Crippen molar-refractivity contribution in [2.75, 3.05) is 5.73 Å². The number of benzene rings is 2. The number of rotatable bonds is 1. The topological polar surface area (TPSA) is 46.3 Å². The molecule has 0 spiro atoms. The van der Waals surface area contributed by atoms with Crippen molar-refractivity contribution < 1.29 is 4.79 Å². The second-order valence-electron chi connectivity index (χ2n) is 5.51. The summed E-state index contributed by atoms with van der Waals surface area (Å²) in [5.41, 5.74) is 11.8. The Hall–Kier alpha value is -2.29. The van der Waals surface area contributed by atoms with E-state index >= 15 is 0 Å². The van der Waals surface area contributed by atoms with Gasteiger partial charge in [-0.15, -0.1) is 0 Å². The molecule has 2 aromatic carbocycles. The number of hydrogen-bond donors (Lipinski definition) is 1. The van der Waals surface area contributed by atoms with Crippen LogP contribution in [-0.2, 0) is 13.1 Å². The minimum atomic E-state index is 0.0981. The smallest absolute Gasteiger partial charge is 0.254 e. The van der Waals surface area contributed by atoms with Crippen LogP contribution in [0.25, 0.3) is 0 Å². The molecule has 1 heterocycles. The molecule has 3 heteroatoms. The number of nitrogens with zero attached hydrogens (tertiary/aromatic N) is 1. The number of anilines is 1. The van der Waals surface area contributed by atoms with Gasteiger partial charge < -0.3 is 10.6 Å². The molecular weight excluding hydrogens is 248 g/mol. The summed E-state index contributed by atoms with van der Waals surface area (Å²) in [6.07, 6.45) is 0. The highest BCUT2D eigenvalue weighted by Crippen LogP contribution is 2.26. The van der Waals surface area contributed by atoms with Crippen LogP contribution in [0.3, 0.4) is 0 Å². The molecule has 0 fully saturated rings. The van der Waals surface area contributed by atoms with Gasteiger partial charge in [0.2, 0.25) is 0 Å². The van der Waals surface area contributed by atoms with Crippen LogP contribution in [0.4, 0.5) is 5.69 Å². The number of nitrogens with two attached hydrogens (primary N) is 1. The lowest BCUT2D eigenvalue weighted by molar-refractivity contribution is 0.0750. The molecule has 0 aromatic heterocycles. The summed E-state index contributed by atoms with van der Waals surface area (Å²) in [6, 6.07) is 11.9. The lowest BCUT2D eigenvalue weighted by Gasteiger charge is -2.17. The molecule has 0 aliphatic carbocycles. The van der Waals surface area contributed by atoms with Crippen molar-refractivity contribution >= 4 is 11.6 Å². The van der Waals surface area contributed by atoms with Gasteiger partial charge in [-0.3, -0.25) is 4.79 Å². The van der Waals surface area contributed by atoms with E-state index in [1.54, 1.807) is 0 Å². The van der Waals surface area contributed by atoms with Crippen LogP contribution in [-0.4, -0.2) is 10.8 Å². The summed E-state index contributed by atoms with van der Waals surface area (Å²) in [5, 5.41) is 0. The maximum absolute atomic E-state index is 12.7. The van der Waals surface area contributed by atoms with Crippen molar-refractivity contribution in [3.63, 3.8) is 0 Å². The monoisotopic (exact) mass is 266 g/mol. The molecule has 0 bridgehead atoms. The van der Waals surface area contributed by atoms with Gasteiger partial charge in [-0.1, -0.05) is 23.8 Å². The SMILES string of the molecule is Cc1ccc(C)c(C(=O)N2Cc3ccc(N)cc3C2)c1. The zero-order chi connectivity index (χ0) is 14.3. The number of amides is 1. The summed E-state index contributed by atoms with van der Waals surface area (Å²) in [6.45, 7) is 5.30. The molecule has 2 aromatic rings. The molecule has 1 amide bonds. The largest absolute Gasteiger partial charge is 0.399 e. The Bertz CT molecular complexity index is 691. The van der Waals surface area contributed by atoms with Crippen LogP contribution in [0, 0.1) is 13.8 Å². The third kappa shape index (κ3) is 2.16. The molecule has 0 saturated carbocycles. The van der Waals surface area contributed by atoms with E-state index in [2.05, 4.69) is 0 Å². The third-order valence-electron chi connectivity index (χ3n) is 3.86. The molecule has 3 rings (SSSR count). The fourth-order valence-electron chi connectivity index (χ4n) is 2.69. The van der Waals surface area contributed by atoms with E-state index in [0.29, 0.717) is 13.1 Å². The first-order valence-corrected chi connectivity index (χ1v) is 6.78. The minimum Gasteiger partial charge on any atom is -0.399 e. The molecule has 1 aliphatic heterocycles. The van der Waals surface area contributed by atoms with Crippen LogP contribution < -0.4 is 5.73 Å². The Labute approximate surface area is 119 Å². The normalized spacial score (nSPS) is 13.4. The number of fused-ring (bicyclic) bond motifs is 1. The van der Waals surface area contributed by atoms with Crippen molar-refractivity contribution in [1.29, 1.82) is 0 Å². The Kier molecular flexibility index (Phi) is 2.97. The van der Waals surface area contributed by atoms with E-state index in [4.69, 9.17) is 5.73 Å². The fourth-order valence-corrected chi connectivity index (χ4v) is 2.69. The van der Waals surface area contributed by atoms with Gasteiger partial charge in [0.25, 0.3) is 5.91 Å². The Morgan fingerprint density at radius 3 is 2.60 bits per heavy atom. The standard InChI is InChI=1S/C17H18N2O/c1-11-3-4-12(2)16(7-11)17(20)19-9-13-5-6-15(18)8-14(13)10-19/h3-8H,9-10,18H2,1-2H3. The second-order valence-corrected chi connectivity index (χ2v) is 5.51. The lowest BCUT2D eigenvalue weighted by Crippen LogP contribution is -2.26. The lowest BCUT2D eigenvalue weighted by atomic mass is 10.0. The van der Waals surface area contributed by atoms with Gasteiger partial charge in [-0.2, -0.15) is 0 Å². The predicted octanol–water partition coefficient (Wildman–Crippen LogP) is 3.04. The zero-order valence-electron chi connectivity index (χ0n) is 11.8. The van der Waals surface area contributed by atoms with Crippen molar-refractivity contribution in [3.8, 4) is 0 Å². The van der Waals surface area contributed by atoms with Gasteiger partial charge >= 0.3 is 0 Å². The highest BCUT2D eigenvalue weighted by atomic mass is 16.2. The third-order valence-corrected chi connectivity index (χ3v) is 3.86. The molecule has 102 valence electrons. The number of carbonyl (C=O) groups is 1. The summed E-state index contributed by atoms with van der Waals surface area (Å²) >= 11 is 0. The van der Waals surface area contributed by atoms with Crippen LogP contribution >= 0.6 is 0 Å². The first-order chi connectivity index (χ1) is 9.54. The van der Waals surface area contributed by atoms with Gasteiger partial charge in [0.1, 0.15) is 0 Å². The van der Waals surface area contributed by atoms with Gasteiger partial charge in [0.15, 0.2) is 0 Å². The molecule has 1 aliphatic rings. The van der Waals surface area contributed by atoms with E-state index in [1.807, 2.05) is 55.1 Å². The molecule has 0 radical (unpaired) electrons. The van der Waals surface area contributed by atoms with Crippen LogP contribution in [0.1, 0.15) is 32.6 Å². The molecule has 3 nitrogen and oxygen atoms in total. The van der Waals surface area contributed by atoms with E-state index < -0.39 is 0 Å². The summed E-state index contributed by atoms with van der Waals surface area (Å²) in [7, 11) is 0. The number of nitrogen functional groups attached to an aromatic ring is 1. The van der Waals surface area contributed by atoms with Crippen molar-refractivity contribution in [3.05, 3.63) is 64.2 Å². The van der Waals surface area contributed by atoms with Crippen LogP contribution in [0.5, 0.6) is 0 Å². The van der Waals surface area contributed by atoms with Gasteiger partial charge in [0.05, 0.1) is 0 Å². The first-order valence-electron chi connectivity index (χ1n) is 6.78. The van der Waals surface area contributed by atoms with Crippen molar-refractivity contribution in [1.82, 2.24) is 4.90 Å². The average Bonchev–Trinajstić information content (AvgIpc) is 2.83. The molecule has 2 N–H and O–H groups in total. The molecule has 20 heavy (non-hydrogen) atoms. The van der Waals surface area contributed by atoms with Crippen molar-refractivity contribution in [2.45, 2.75) is 26.9 Å². The zero-order valence-corrected chi connectivity index (χ0v) is 11.8. The Morgan fingerprint density at radius 1 is 1.05 bits per heavy atom. The fraction of sp³-hybridized carbons (Fsp3) is 0.235. The van der Waals surface area contributed by atoms with Gasteiger partial charge in [0, 0.05) is 24.3 Å². The predicted molar refractivity (Wildman–Crippen MR) is 80.3 cm³/mol. The number of hydrogen-bond acceptors (Lipinski definition) is 2. The minimum absolute atomic E-state index is 0.0981. The number of carbonyl (C=O) groups excluding carboxylic acids is 1. The second kappa shape index (κ2) is 4.67. The van der Waals surface area contributed by atoms with Gasteiger partial charge in [-0.05, 0) is 48.7 Å². The summed E-state index contributed by atoms with van der Waals surface area (Å²) < 4.78 is 0. The molecule has 0 atom stereocenters. The molecule has 0 saturated heterocycles. The number of aryl methyl sites for hydroxylation is 2. The highest BCUT2D eigenvalue weighted by molar-refractivity contribution is 5.96. The Balaban J connectivity index is 1.89. The average molecular weight is 266 g/mol. The van der Waals surface area contributed by atoms with Crippen LogP contribution in [0.2, 0.25) is 0 Å². The summed E-state index contributed by atoms with van der Waals surface area (Å²) in [5.74, 6) is 0.0981. The maximum atomic E-state index is 12.7. The maximum Gasteiger partial charge on any atom is 0.254 e. The quantitative estimate of drug-likeness (QED) is 0.806. The summed E-state index contributed by atoms with van der Waals surface area (Å²) in [4.78, 5) is 14.5. The van der Waals surface area contributed by atoms with Gasteiger partial charge in [-0.25, -0.2) is 0 Å². The van der Waals surface area contributed by atoms with E-state index in [1.165, 1.54) is 5.56 Å². The first kappa shape index (κ1) is 12.7. The highest BCUT2D eigenvalue weighted by Gasteiger charge is 2.25. The van der Waals surface area contributed by atoms with Crippen LogP contribution in [0.15, 0.2) is 36.4 Å². The molecular formula is C17H18N2O. The Morgan fingerprint density at radius 2 is 1.80 bits per heavy atom. The van der Waals surface area contributed by atoms with E-state index in [9.17, 15) is 4.79 Å². The van der Waals surface area contributed by atoms with Crippen molar-refractivity contribution in [2.24, 2.45) is 0 Å². The molecule has 0 unspecified atom stereocenters. The van der Waals surface area contributed by atoms with E-state index in [0.717, 1.165) is 27.9 Å².